The summed E-state index contributed by atoms with van der Waals surface area (Å²) in [5.41, 5.74) is 7.91. The summed E-state index contributed by atoms with van der Waals surface area (Å²) in [4.78, 5) is 2.51. The molecule has 1 heteroatoms. The first kappa shape index (κ1) is 17.6. The summed E-state index contributed by atoms with van der Waals surface area (Å²) in [6, 6.07) is 26.5. The van der Waals surface area contributed by atoms with E-state index in [1.54, 1.807) is 0 Å². The Kier molecular flexibility index (Phi) is 5.39. The number of fused-ring (bicyclic) bond motifs is 1. The van der Waals surface area contributed by atoms with E-state index >= 15 is 0 Å². The van der Waals surface area contributed by atoms with Crippen molar-refractivity contribution in [2.24, 2.45) is 0 Å². The molecule has 1 aliphatic rings. The highest BCUT2D eigenvalue weighted by molar-refractivity contribution is 5.71. The number of anilines is 2. The fourth-order valence-electron chi connectivity index (χ4n) is 3.81. The Balaban J connectivity index is 1.71. The summed E-state index contributed by atoms with van der Waals surface area (Å²) in [6.45, 7) is 3.25. The lowest BCUT2D eigenvalue weighted by Gasteiger charge is -2.28. The van der Waals surface area contributed by atoms with Crippen LogP contribution in [0.25, 0.3) is 11.1 Å². The average Bonchev–Trinajstić information content (AvgIpc) is 2.72. The molecule has 0 amide bonds. The fourth-order valence-corrected chi connectivity index (χ4v) is 3.81. The highest BCUT2D eigenvalue weighted by atomic mass is 15.1. The summed E-state index contributed by atoms with van der Waals surface area (Å²) in [5.74, 6) is 0. The second kappa shape index (κ2) is 8.26. The molecule has 4 rings (SSSR count). The molecule has 3 aromatic rings. The van der Waals surface area contributed by atoms with Gasteiger partial charge in [0.15, 0.2) is 0 Å². The van der Waals surface area contributed by atoms with Crippen molar-refractivity contribution < 1.29 is 0 Å². The molecule has 0 aromatic heterocycles. The molecule has 0 spiro atoms. The number of nitrogens with zero attached hydrogens (tertiary/aromatic N) is 1. The normalized spacial score (nSPS) is 15.8. The standard InChI is InChI=1S/C26H27N/c1-21-13-14-24-12-6-3-2-4-9-19-27(26(24)20-21)25-17-15-23(16-18-25)22-10-7-5-8-11-22/h3,5-8,10-11,13-18,20H,2,4,9,12,19H2,1H3/b6-3-. The van der Waals surface area contributed by atoms with E-state index in [2.05, 4.69) is 96.8 Å². The molecule has 0 bridgehead atoms. The van der Waals surface area contributed by atoms with Gasteiger partial charge in [-0.15, -0.1) is 0 Å². The van der Waals surface area contributed by atoms with Gasteiger partial charge < -0.3 is 4.90 Å². The van der Waals surface area contributed by atoms with Crippen molar-refractivity contribution in [3.8, 4) is 11.1 Å². The molecule has 0 aliphatic carbocycles. The van der Waals surface area contributed by atoms with Gasteiger partial charge in [0.1, 0.15) is 0 Å². The SMILES string of the molecule is Cc1ccc2c(c1)N(c1ccc(-c3ccccc3)cc1)CCCC/C=C\C2. The molecule has 0 fully saturated rings. The van der Waals surface area contributed by atoms with Gasteiger partial charge >= 0.3 is 0 Å². The summed E-state index contributed by atoms with van der Waals surface area (Å²) in [7, 11) is 0. The zero-order chi connectivity index (χ0) is 18.5. The van der Waals surface area contributed by atoms with Crippen LogP contribution in [0.2, 0.25) is 0 Å². The Hall–Kier alpha value is -2.80. The van der Waals surface area contributed by atoms with Crippen molar-refractivity contribution in [1.29, 1.82) is 0 Å². The number of aryl methyl sites for hydroxylation is 1. The first-order chi connectivity index (χ1) is 13.3. The maximum absolute atomic E-state index is 2.51. The van der Waals surface area contributed by atoms with E-state index in [9.17, 15) is 0 Å². The minimum absolute atomic E-state index is 1.01. The first-order valence-electron chi connectivity index (χ1n) is 9.99. The maximum Gasteiger partial charge on any atom is 0.0449 e. The van der Waals surface area contributed by atoms with Crippen LogP contribution >= 0.6 is 0 Å². The number of allylic oxidation sites excluding steroid dienone is 2. The van der Waals surface area contributed by atoms with Crippen molar-refractivity contribution in [1.82, 2.24) is 0 Å². The number of benzene rings is 3. The molecular formula is C26H27N. The Labute approximate surface area is 163 Å². The van der Waals surface area contributed by atoms with Crippen LogP contribution in [-0.2, 0) is 6.42 Å². The minimum atomic E-state index is 1.01. The van der Waals surface area contributed by atoms with E-state index in [1.807, 2.05) is 0 Å². The van der Waals surface area contributed by atoms with E-state index in [0.29, 0.717) is 0 Å². The van der Waals surface area contributed by atoms with Crippen LogP contribution in [0, 0.1) is 6.92 Å². The zero-order valence-electron chi connectivity index (χ0n) is 16.1. The molecule has 0 radical (unpaired) electrons. The highest BCUT2D eigenvalue weighted by Gasteiger charge is 2.14. The summed E-state index contributed by atoms with van der Waals surface area (Å²) in [6.07, 6.45) is 9.31. The molecule has 3 aromatic carbocycles. The monoisotopic (exact) mass is 353 g/mol. The van der Waals surface area contributed by atoms with Gasteiger partial charge in [-0.25, -0.2) is 0 Å². The third-order valence-electron chi connectivity index (χ3n) is 5.32. The topological polar surface area (TPSA) is 3.24 Å². The van der Waals surface area contributed by atoms with Crippen LogP contribution in [0.5, 0.6) is 0 Å². The Morgan fingerprint density at radius 3 is 2.33 bits per heavy atom. The maximum atomic E-state index is 2.51. The number of rotatable bonds is 2. The molecule has 1 heterocycles. The van der Waals surface area contributed by atoms with Crippen molar-refractivity contribution in [2.45, 2.75) is 32.6 Å². The van der Waals surface area contributed by atoms with Crippen LogP contribution in [0.3, 0.4) is 0 Å². The third kappa shape index (κ3) is 4.14. The molecule has 1 nitrogen and oxygen atoms in total. The molecule has 1 aliphatic heterocycles. The van der Waals surface area contributed by atoms with Crippen LogP contribution < -0.4 is 4.90 Å². The highest BCUT2D eigenvalue weighted by Crippen LogP contribution is 2.33. The molecule has 0 atom stereocenters. The van der Waals surface area contributed by atoms with E-state index in [0.717, 1.165) is 13.0 Å². The van der Waals surface area contributed by atoms with Crippen LogP contribution in [0.15, 0.2) is 84.9 Å². The third-order valence-corrected chi connectivity index (χ3v) is 5.32. The van der Waals surface area contributed by atoms with Gasteiger partial charge in [-0.05, 0) is 73.1 Å². The van der Waals surface area contributed by atoms with Crippen LogP contribution in [-0.4, -0.2) is 6.54 Å². The first-order valence-corrected chi connectivity index (χ1v) is 9.99. The molecule has 0 saturated carbocycles. The van der Waals surface area contributed by atoms with Crippen LogP contribution in [0.1, 0.15) is 30.4 Å². The molecule has 0 unspecified atom stereocenters. The summed E-state index contributed by atoms with van der Waals surface area (Å²) >= 11 is 0. The largest absolute Gasteiger partial charge is 0.341 e. The quantitative estimate of drug-likeness (QED) is 0.445. The van der Waals surface area contributed by atoms with Crippen molar-refractivity contribution in [2.75, 3.05) is 11.4 Å². The predicted octanol–water partition coefficient (Wildman–Crippen LogP) is 7.08. The van der Waals surface area contributed by atoms with Crippen molar-refractivity contribution >= 4 is 11.4 Å². The van der Waals surface area contributed by atoms with E-state index in [4.69, 9.17) is 0 Å². The second-order valence-corrected chi connectivity index (χ2v) is 7.37. The van der Waals surface area contributed by atoms with Gasteiger partial charge in [0, 0.05) is 17.9 Å². The van der Waals surface area contributed by atoms with Crippen molar-refractivity contribution in [3.63, 3.8) is 0 Å². The molecular weight excluding hydrogens is 326 g/mol. The number of hydrogen-bond donors (Lipinski definition) is 0. The van der Waals surface area contributed by atoms with Gasteiger partial charge in [0.05, 0.1) is 0 Å². The van der Waals surface area contributed by atoms with Gasteiger partial charge in [0.25, 0.3) is 0 Å². The van der Waals surface area contributed by atoms with Gasteiger partial charge in [-0.1, -0.05) is 66.7 Å². The Morgan fingerprint density at radius 1 is 0.741 bits per heavy atom. The lowest BCUT2D eigenvalue weighted by molar-refractivity contribution is 0.739. The van der Waals surface area contributed by atoms with E-state index in [1.165, 1.54) is 52.9 Å². The number of hydrogen-bond acceptors (Lipinski definition) is 1. The van der Waals surface area contributed by atoms with Gasteiger partial charge in [-0.3, -0.25) is 0 Å². The molecule has 0 saturated heterocycles. The second-order valence-electron chi connectivity index (χ2n) is 7.37. The van der Waals surface area contributed by atoms with E-state index < -0.39 is 0 Å². The zero-order valence-corrected chi connectivity index (χ0v) is 16.1. The van der Waals surface area contributed by atoms with Gasteiger partial charge in [-0.2, -0.15) is 0 Å². The summed E-state index contributed by atoms with van der Waals surface area (Å²) in [5, 5.41) is 0. The fraction of sp³-hybridized carbons (Fsp3) is 0.231. The lowest BCUT2D eigenvalue weighted by atomic mass is 10.0. The van der Waals surface area contributed by atoms with Gasteiger partial charge in [0.2, 0.25) is 0 Å². The van der Waals surface area contributed by atoms with E-state index in [-0.39, 0.29) is 0 Å². The lowest BCUT2D eigenvalue weighted by Crippen LogP contribution is -2.20. The molecule has 136 valence electrons. The molecule has 27 heavy (non-hydrogen) atoms. The smallest absolute Gasteiger partial charge is 0.0449 e. The van der Waals surface area contributed by atoms with Crippen molar-refractivity contribution in [3.05, 3.63) is 96.1 Å². The predicted molar refractivity (Wildman–Crippen MR) is 117 cm³/mol. The minimum Gasteiger partial charge on any atom is -0.341 e. The average molecular weight is 354 g/mol. The summed E-state index contributed by atoms with van der Waals surface area (Å²) < 4.78 is 0. The Bertz CT molecular complexity index is 907. The molecule has 0 N–H and O–H groups in total. The Morgan fingerprint density at radius 2 is 1.52 bits per heavy atom. The van der Waals surface area contributed by atoms with Crippen LogP contribution in [0.4, 0.5) is 11.4 Å².